The van der Waals surface area contributed by atoms with Crippen molar-refractivity contribution in [2.24, 2.45) is 10.7 Å². The Morgan fingerprint density at radius 3 is 3.11 bits per heavy atom. The molecule has 0 saturated heterocycles. The van der Waals surface area contributed by atoms with Crippen LogP contribution in [0.3, 0.4) is 0 Å². The van der Waals surface area contributed by atoms with E-state index in [0.29, 0.717) is 17.7 Å². The molecule has 1 aliphatic heterocycles. The smallest absolute Gasteiger partial charge is 0.123 e. The second-order valence-corrected chi connectivity index (χ2v) is 5.76. The number of thiophene rings is 1. The first-order chi connectivity index (χ1) is 9.24. The molecule has 2 aromatic rings. The first kappa shape index (κ1) is 12.5. The first-order valence-electron chi connectivity index (χ1n) is 6.11. The van der Waals surface area contributed by atoms with Gasteiger partial charge in [0.1, 0.15) is 17.7 Å². The molecule has 0 atom stereocenters. The molecule has 0 amide bonds. The van der Waals surface area contributed by atoms with E-state index in [1.807, 2.05) is 4.90 Å². The minimum absolute atomic E-state index is 0.501. The van der Waals surface area contributed by atoms with Gasteiger partial charge in [-0.15, -0.1) is 11.3 Å². The molecule has 3 nitrogen and oxygen atoms in total. The van der Waals surface area contributed by atoms with Crippen molar-refractivity contribution in [1.29, 1.82) is 0 Å². The summed E-state index contributed by atoms with van der Waals surface area (Å²) in [5.74, 6) is 0.501. The molecule has 2 N–H and O–H groups in total. The number of fused-ring (bicyclic) bond motifs is 1. The highest BCUT2D eigenvalue weighted by atomic mass is 35.5. The van der Waals surface area contributed by atoms with Crippen molar-refractivity contribution < 1.29 is 0 Å². The third-order valence-electron chi connectivity index (χ3n) is 3.20. The van der Waals surface area contributed by atoms with Gasteiger partial charge in [0.05, 0.1) is 0 Å². The van der Waals surface area contributed by atoms with E-state index in [9.17, 15) is 0 Å². The predicted octanol–water partition coefficient (Wildman–Crippen LogP) is 3.15. The van der Waals surface area contributed by atoms with Crippen molar-refractivity contribution in [3.63, 3.8) is 0 Å². The molecule has 1 aliphatic rings. The molecule has 2 heterocycles. The van der Waals surface area contributed by atoms with Crippen LogP contribution < -0.4 is 5.73 Å². The Morgan fingerprint density at radius 1 is 1.37 bits per heavy atom. The van der Waals surface area contributed by atoms with Gasteiger partial charge in [-0.1, -0.05) is 29.8 Å². The van der Waals surface area contributed by atoms with Gasteiger partial charge in [-0.3, -0.25) is 0 Å². The van der Waals surface area contributed by atoms with Crippen LogP contribution >= 0.6 is 22.9 Å². The summed E-state index contributed by atoms with van der Waals surface area (Å²) in [4.78, 5) is 6.22. The number of nitrogens with two attached hydrogens (primary N) is 1. The Hall–Kier alpha value is -1.52. The normalized spacial score (nSPS) is 15.5. The van der Waals surface area contributed by atoms with Crippen LogP contribution in [0.15, 0.2) is 45.9 Å². The molecule has 3 rings (SSSR count). The fourth-order valence-corrected chi connectivity index (χ4v) is 3.37. The maximum absolute atomic E-state index is 6.17. The maximum atomic E-state index is 6.17. The van der Waals surface area contributed by atoms with E-state index < -0.39 is 0 Å². The van der Waals surface area contributed by atoms with Crippen LogP contribution in [0.4, 0.5) is 0 Å². The average Bonchev–Trinajstić information content (AvgIpc) is 2.86. The molecular formula is C14H14ClN3S. The number of nitrogens with zero attached hydrogens (tertiary/aromatic N) is 2. The highest BCUT2D eigenvalue weighted by molar-refractivity contribution is 7.17. The number of aliphatic imine (C=N–C) groups is 1. The molecule has 0 radical (unpaired) electrons. The Balaban J connectivity index is 1.73. The molecule has 19 heavy (non-hydrogen) atoms. The van der Waals surface area contributed by atoms with Gasteiger partial charge in [0.25, 0.3) is 0 Å². The minimum atomic E-state index is 0.501. The van der Waals surface area contributed by atoms with Crippen LogP contribution in [0.25, 0.3) is 10.1 Å². The molecule has 1 aromatic heterocycles. The highest BCUT2D eigenvalue weighted by Crippen LogP contribution is 2.25. The van der Waals surface area contributed by atoms with E-state index in [2.05, 4.69) is 34.6 Å². The quantitative estimate of drug-likeness (QED) is 0.883. The maximum Gasteiger partial charge on any atom is 0.123 e. The van der Waals surface area contributed by atoms with Crippen molar-refractivity contribution in [1.82, 2.24) is 4.90 Å². The number of hydrogen-bond acceptors (Lipinski definition) is 4. The van der Waals surface area contributed by atoms with Gasteiger partial charge < -0.3 is 10.6 Å². The number of hydrogen-bond donors (Lipinski definition) is 1. The molecule has 0 bridgehead atoms. The van der Waals surface area contributed by atoms with E-state index in [-0.39, 0.29) is 0 Å². The summed E-state index contributed by atoms with van der Waals surface area (Å²) >= 11 is 7.96. The second-order valence-electron chi connectivity index (χ2n) is 4.46. The number of halogens is 1. The SMILES string of the molecule is NC1=NCN(CCc2cccc3ccsc23)C(Cl)=C1. The second kappa shape index (κ2) is 5.23. The summed E-state index contributed by atoms with van der Waals surface area (Å²) in [6.07, 6.45) is 2.66. The van der Waals surface area contributed by atoms with Crippen molar-refractivity contribution in [2.45, 2.75) is 6.42 Å². The van der Waals surface area contributed by atoms with Crippen LogP contribution in [0.1, 0.15) is 5.56 Å². The van der Waals surface area contributed by atoms with Gasteiger partial charge in [-0.2, -0.15) is 0 Å². The Labute approximate surface area is 121 Å². The fourth-order valence-electron chi connectivity index (χ4n) is 2.18. The van der Waals surface area contributed by atoms with Crippen LogP contribution in [0.2, 0.25) is 0 Å². The summed E-state index contributed by atoms with van der Waals surface area (Å²) in [5, 5.41) is 4.11. The zero-order valence-electron chi connectivity index (χ0n) is 10.3. The minimum Gasteiger partial charge on any atom is -0.384 e. The van der Waals surface area contributed by atoms with Crippen LogP contribution in [0.5, 0.6) is 0 Å². The van der Waals surface area contributed by atoms with Gasteiger partial charge in [0.15, 0.2) is 0 Å². The lowest BCUT2D eigenvalue weighted by Gasteiger charge is -2.24. The molecule has 0 fully saturated rings. The third kappa shape index (κ3) is 2.60. The standard InChI is InChI=1S/C14H14ClN3S/c15-12-8-13(16)17-9-18(12)6-4-10-2-1-3-11-5-7-19-14(10)11/h1-3,5,7-8H,4,6,9H2,(H2,16,17). The molecular weight excluding hydrogens is 278 g/mol. The molecule has 0 aliphatic carbocycles. The third-order valence-corrected chi connectivity index (χ3v) is 4.56. The molecule has 0 unspecified atom stereocenters. The summed E-state index contributed by atoms with van der Waals surface area (Å²) in [6, 6.07) is 8.59. The molecule has 5 heteroatoms. The molecule has 0 saturated carbocycles. The number of benzene rings is 1. The van der Waals surface area contributed by atoms with Gasteiger partial charge >= 0.3 is 0 Å². The molecule has 0 spiro atoms. The van der Waals surface area contributed by atoms with E-state index in [4.69, 9.17) is 17.3 Å². The van der Waals surface area contributed by atoms with Gasteiger partial charge in [0.2, 0.25) is 0 Å². The first-order valence-corrected chi connectivity index (χ1v) is 7.37. The average molecular weight is 292 g/mol. The van der Waals surface area contributed by atoms with E-state index in [1.54, 1.807) is 17.4 Å². The summed E-state index contributed by atoms with van der Waals surface area (Å²) in [5.41, 5.74) is 6.98. The van der Waals surface area contributed by atoms with Gasteiger partial charge in [0, 0.05) is 17.3 Å². The zero-order valence-corrected chi connectivity index (χ0v) is 11.9. The number of rotatable bonds is 3. The largest absolute Gasteiger partial charge is 0.384 e. The summed E-state index contributed by atoms with van der Waals surface area (Å²) in [7, 11) is 0. The van der Waals surface area contributed by atoms with Crippen LogP contribution in [0, 0.1) is 0 Å². The van der Waals surface area contributed by atoms with Gasteiger partial charge in [-0.05, 0) is 28.8 Å². The summed E-state index contributed by atoms with van der Waals surface area (Å²) in [6.45, 7) is 1.39. The summed E-state index contributed by atoms with van der Waals surface area (Å²) < 4.78 is 1.36. The predicted molar refractivity (Wildman–Crippen MR) is 82.7 cm³/mol. The van der Waals surface area contributed by atoms with Crippen molar-refractivity contribution in [3.05, 3.63) is 46.4 Å². The number of amidine groups is 1. The lowest BCUT2D eigenvalue weighted by atomic mass is 10.1. The monoisotopic (exact) mass is 291 g/mol. The van der Waals surface area contributed by atoms with Crippen LogP contribution in [-0.4, -0.2) is 23.9 Å². The van der Waals surface area contributed by atoms with Crippen LogP contribution in [-0.2, 0) is 6.42 Å². The highest BCUT2D eigenvalue weighted by Gasteiger charge is 2.12. The van der Waals surface area contributed by atoms with Crippen molar-refractivity contribution in [3.8, 4) is 0 Å². The Bertz CT molecular complexity index is 660. The van der Waals surface area contributed by atoms with Gasteiger partial charge in [-0.25, -0.2) is 4.99 Å². The Kier molecular flexibility index (Phi) is 3.44. The lowest BCUT2D eigenvalue weighted by Crippen LogP contribution is -2.29. The zero-order chi connectivity index (χ0) is 13.2. The lowest BCUT2D eigenvalue weighted by molar-refractivity contribution is 0.378. The molecule has 98 valence electrons. The van der Waals surface area contributed by atoms with E-state index in [0.717, 1.165) is 13.0 Å². The van der Waals surface area contributed by atoms with E-state index >= 15 is 0 Å². The fraction of sp³-hybridized carbons (Fsp3) is 0.214. The van der Waals surface area contributed by atoms with E-state index in [1.165, 1.54) is 15.6 Å². The topological polar surface area (TPSA) is 41.6 Å². The van der Waals surface area contributed by atoms with Crippen molar-refractivity contribution in [2.75, 3.05) is 13.2 Å². The Morgan fingerprint density at radius 2 is 2.26 bits per heavy atom. The molecule has 1 aromatic carbocycles. The van der Waals surface area contributed by atoms with Crippen molar-refractivity contribution >= 4 is 38.9 Å².